The first-order chi connectivity index (χ1) is 16.5. The molecule has 0 saturated carbocycles. The average molecular weight is 544 g/mol. The minimum Gasteiger partial charge on any atom is -0.379 e. The first kappa shape index (κ1) is 27.7. The molecule has 1 aromatic carbocycles. The van der Waals surface area contributed by atoms with Crippen molar-refractivity contribution in [2.24, 2.45) is 0 Å². The van der Waals surface area contributed by atoms with E-state index in [0.717, 1.165) is 51.4 Å². The number of Topliss-reactive ketones (excluding diaryl/α,β-unsaturated/α-hetero) is 1. The van der Waals surface area contributed by atoms with Gasteiger partial charge in [-0.3, -0.25) is 9.69 Å². The van der Waals surface area contributed by atoms with Crippen molar-refractivity contribution in [2.75, 3.05) is 32.8 Å². The van der Waals surface area contributed by atoms with Crippen LogP contribution in [0.4, 0.5) is 17.6 Å². The van der Waals surface area contributed by atoms with Gasteiger partial charge < -0.3 is 4.74 Å². The second-order valence-electron chi connectivity index (χ2n) is 8.02. The van der Waals surface area contributed by atoms with E-state index in [1.54, 1.807) is 24.4 Å². The Morgan fingerprint density at radius 3 is 2.63 bits per heavy atom. The number of halogens is 4. The van der Waals surface area contributed by atoms with E-state index in [-0.39, 0.29) is 11.3 Å². The van der Waals surface area contributed by atoms with E-state index < -0.39 is 17.6 Å². The molecule has 10 heteroatoms. The van der Waals surface area contributed by atoms with E-state index in [1.165, 1.54) is 29.2 Å². The maximum atomic E-state index is 13.6. The van der Waals surface area contributed by atoms with Gasteiger partial charge in [0.2, 0.25) is 0 Å². The predicted molar refractivity (Wildman–Crippen MR) is 139 cm³/mol. The number of thiophene rings is 1. The van der Waals surface area contributed by atoms with E-state index in [2.05, 4.69) is 11.5 Å². The number of alkyl halides is 3. The van der Waals surface area contributed by atoms with E-state index in [1.807, 2.05) is 0 Å². The van der Waals surface area contributed by atoms with Gasteiger partial charge in [-0.1, -0.05) is 36.6 Å². The smallest absolute Gasteiger partial charge is 0.379 e. The van der Waals surface area contributed by atoms with Crippen LogP contribution in [-0.2, 0) is 15.7 Å². The number of carbonyl (C=O) groups excluding carboxylic acids is 1. The van der Waals surface area contributed by atoms with Crippen LogP contribution in [0.3, 0.4) is 0 Å². The van der Waals surface area contributed by atoms with Crippen LogP contribution in [0.25, 0.3) is 17.2 Å². The van der Waals surface area contributed by atoms with Gasteiger partial charge >= 0.3 is 6.18 Å². The molecule has 0 amide bonds. The Kier molecular flexibility index (Phi) is 9.83. The Balaban J connectivity index is 1.74. The largest absolute Gasteiger partial charge is 0.419 e. The summed E-state index contributed by atoms with van der Waals surface area (Å²) in [6, 6.07) is 4.58. The lowest BCUT2D eigenvalue weighted by atomic mass is 10.0. The van der Waals surface area contributed by atoms with Crippen LogP contribution < -0.4 is 0 Å². The van der Waals surface area contributed by atoms with Crippen molar-refractivity contribution in [3.63, 3.8) is 0 Å². The molecular formula is C25H25F4NO2S3. The number of morpholine rings is 1. The number of rotatable bonds is 9. The Bertz CT molecular complexity index is 1120. The third-order valence-corrected chi connectivity index (χ3v) is 7.29. The number of hydrogen-bond donors (Lipinski definition) is 0. The highest BCUT2D eigenvalue weighted by Gasteiger charge is 2.34. The summed E-state index contributed by atoms with van der Waals surface area (Å²) in [4.78, 5) is 16.5. The molecule has 0 spiro atoms. The molecule has 0 N–H and O–H groups in total. The van der Waals surface area contributed by atoms with Gasteiger partial charge in [-0.15, -0.1) is 11.3 Å². The van der Waals surface area contributed by atoms with Crippen molar-refractivity contribution in [1.82, 2.24) is 4.90 Å². The van der Waals surface area contributed by atoms with Gasteiger partial charge in [0, 0.05) is 22.2 Å². The van der Waals surface area contributed by atoms with Gasteiger partial charge in [0.15, 0.2) is 5.78 Å². The highest BCUT2D eigenvalue weighted by molar-refractivity contribution is 8.26. The average Bonchev–Trinajstić information content (AvgIpc) is 3.26. The first-order valence-electron chi connectivity index (χ1n) is 10.9. The number of thioether (sulfide) groups is 1. The van der Waals surface area contributed by atoms with Crippen LogP contribution >= 0.6 is 35.3 Å². The second kappa shape index (κ2) is 12.4. The maximum absolute atomic E-state index is 13.6. The van der Waals surface area contributed by atoms with Crippen LogP contribution in [0.5, 0.6) is 0 Å². The number of carbonyl (C=O) groups is 1. The summed E-state index contributed by atoms with van der Waals surface area (Å²) in [5, 5.41) is 1.67. The van der Waals surface area contributed by atoms with E-state index in [4.69, 9.17) is 17.0 Å². The van der Waals surface area contributed by atoms with Gasteiger partial charge in [-0.25, -0.2) is 4.39 Å². The molecule has 1 fully saturated rings. The van der Waals surface area contributed by atoms with Gasteiger partial charge in [-0.2, -0.15) is 13.2 Å². The molecule has 1 aromatic heterocycles. The summed E-state index contributed by atoms with van der Waals surface area (Å²) in [5.74, 6) is -1.51. The minimum absolute atomic E-state index is 0.197. The molecule has 3 rings (SSSR count). The number of ketones is 1. The molecule has 2 aromatic rings. The molecule has 1 aliphatic heterocycles. The second-order valence-corrected chi connectivity index (χ2v) is 11.1. The number of ether oxygens (including phenoxy) is 1. The molecule has 0 radical (unpaired) electrons. The molecule has 3 nitrogen and oxygen atoms in total. The van der Waals surface area contributed by atoms with Gasteiger partial charge in [0.25, 0.3) is 0 Å². The molecule has 188 valence electrons. The normalized spacial score (nSPS) is 15.3. The standard InChI is InChI=1S/C25H25F4NO2S3/c1-16(4-3-7-30-8-10-32-11-9-30)24(31)23(35-17(2)33)14-20-12-19(15-34-20)18-5-6-22(26)21(13-18)25(27,28)29/h5-6,12-15H,1,3-4,7-11H2,2H3/b23-14-. The van der Waals surface area contributed by atoms with E-state index in [0.29, 0.717) is 31.5 Å². The molecular weight excluding hydrogens is 518 g/mol. The zero-order chi connectivity index (χ0) is 25.6. The number of allylic oxidation sites excluding steroid dienone is 2. The zero-order valence-corrected chi connectivity index (χ0v) is 21.6. The molecule has 0 atom stereocenters. The molecule has 0 aliphatic carbocycles. The molecule has 2 heterocycles. The summed E-state index contributed by atoms with van der Waals surface area (Å²) in [6.07, 6.45) is -1.75. The third-order valence-electron chi connectivity index (χ3n) is 5.35. The van der Waals surface area contributed by atoms with Crippen molar-refractivity contribution in [1.29, 1.82) is 0 Å². The molecule has 1 aliphatic rings. The van der Waals surface area contributed by atoms with Gasteiger partial charge in [-0.05, 0) is 72.7 Å². The monoisotopic (exact) mass is 543 g/mol. The van der Waals surface area contributed by atoms with E-state index >= 15 is 0 Å². The van der Waals surface area contributed by atoms with Crippen LogP contribution in [0.1, 0.15) is 30.2 Å². The number of nitrogens with zero attached hydrogens (tertiary/aromatic N) is 1. The van der Waals surface area contributed by atoms with Crippen LogP contribution in [0.2, 0.25) is 0 Å². The Hall–Kier alpha value is -1.85. The van der Waals surface area contributed by atoms with Crippen molar-refractivity contribution in [3.8, 4) is 11.1 Å². The Morgan fingerprint density at radius 1 is 1.26 bits per heavy atom. The minimum atomic E-state index is -4.78. The Labute approximate surface area is 215 Å². The lowest BCUT2D eigenvalue weighted by Crippen LogP contribution is -2.36. The summed E-state index contributed by atoms with van der Waals surface area (Å²) in [7, 11) is 0. The van der Waals surface area contributed by atoms with Crippen molar-refractivity contribution in [3.05, 3.63) is 63.0 Å². The number of thiocarbonyl (C=S) groups is 1. The Morgan fingerprint density at radius 2 is 1.97 bits per heavy atom. The van der Waals surface area contributed by atoms with Crippen LogP contribution in [-0.4, -0.2) is 47.7 Å². The fourth-order valence-corrected chi connectivity index (χ4v) is 5.48. The molecule has 35 heavy (non-hydrogen) atoms. The van der Waals surface area contributed by atoms with Crippen LogP contribution in [0.15, 0.2) is 46.7 Å². The lowest BCUT2D eigenvalue weighted by Gasteiger charge is -2.26. The summed E-state index contributed by atoms with van der Waals surface area (Å²) >= 11 is 7.64. The number of hydrogen-bond acceptors (Lipinski definition) is 6. The van der Waals surface area contributed by atoms with Crippen molar-refractivity contribution < 1.29 is 27.1 Å². The summed E-state index contributed by atoms with van der Waals surface area (Å²) < 4.78 is 58.8. The quantitative estimate of drug-likeness (QED) is 0.189. The van der Waals surface area contributed by atoms with Crippen molar-refractivity contribution in [2.45, 2.75) is 25.9 Å². The third kappa shape index (κ3) is 8.08. The van der Waals surface area contributed by atoms with Gasteiger partial charge in [0.05, 0.1) is 23.7 Å². The predicted octanol–water partition coefficient (Wildman–Crippen LogP) is 7.23. The molecule has 0 unspecified atom stereocenters. The highest BCUT2D eigenvalue weighted by Crippen LogP contribution is 2.36. The maximum Gasteiger partial charge on any atom is 0.419 e. The molecule has 1 saturated heterocycles. The highest BCUT2D eigenvalue weighted by atomic mass is 32.2. The zero-order valence-electron chi connectivity index (χ0n) is 19.1. The fourth-order valence-electron chi connectivity index (χ4n) is 3.56. The SMILES string of the molecule is C=C(CCCN1CCOCC1)C(=O)/C(=C/c1cc(-c2ccc(F)c(C(F)(F)F)c2)cs1)SC(C)=S. The summed E-state index contributed by atoms with van der Waals surface area (Å²) in [5.41, 5.74) is -0.0755. The van der Waals surface area contributed by atoms with E-state index in [9.17, 15) is 22.4 Å². The molecule has 0 bridgehead atoms. The fraction of sp³-hybridized carbons (Fsp3) is 0.360. The van der Waals surface area contributed by atoms with Crippen LogP contribution in [0, 0.1) is 5.82 Å². The number of benzene rings is 1. The van der Waals surface area contributed by atoms with Gasteiger partial charge in [0.1, 0.15) is 5.82 Å². The lowest BCUT2D eigenvalue weighted by molar-refractivity contribution is -0.139. The van der Waals surface area contributed by atoms with Crippen molar-refractivity contribution >= 4 is 51.4 Å². The first-order valence-corrected chi connectivity index (χ1v) is 13.0. The summed E-state index contributed by atoms with van der Waals surface area (Å²) in [6.45, 7) is 9.75. The topological polar surface area (TPSA) is 29.5 Å².